The highest BCUT2D eigenvalue weighted by molar-refractivity contribution is 5.70. The number of halogens is 1. The summed E-state index contributed by atoms with van der Waals surface area (Å²) >= 11 is 0. The molecule has 1 saturated carbocycles. The van der Waals surface area contributed by atoms with Gasteiger partial charge in [-0.3, -0.25) is 0 Å². The topological polar surface area (TPSA) is 35.9 Å². The molecule has 1 aliphatic carbocycles. The second-order valence-electron chi connectivity index (χ2n) is 7.71. The zero-order valence-corrected chi connectivity index (χ0v) is 19.0. The van der Waals surface area contributed by atoms with E-state index in [2.05, 4.69) is 31.1 Å². The minimum atomic E-state index is -0.293. The Bertz CT molecular complexity index is 818. The molecule has 1 aliphatic rings. The van der Waals surface area contributed by atoms with E-state index in [1.165, 1.54) is 24.3 Å². The normalized spacial score (nSPS) is 21.3. The lowest BCUT2D eigenvalue weighted by atomic mass is 9.94. The van der Waals surface area contributed by atoms with Gasteiger partial charge in [-0.15, -0.1) is 0 Å². The smallest absolute Gasteiger partial charge is 0.128 e. The Morgan fingerprint density at radius 3 is 2.48 bits per heavy atom. The van der Waals surface area contributed by atoms with Crippen LogP contribution in [-0.2, 0) is 0 Å². The van der Waals surface area contributed by atoms with Crippen LogP contribution in [0.1, 0.15) is 46.0 Å². The summed E-state index contributed by atoms with van der Waals surface area (Å²) in [6.45, 7) is 15.0. The number of nitrogens with one attached hydrogen (secondary N) is 2. The second kappa shape index (κ2) is 15.0. The first-order valence-electron chi connectivity index (χ1n) is 10.9. The fourth-order valence-electron chi connectivity index (χ4n) is 3.79. The number of rotatable bonds is 13. The average Bonchev–Trinajstić information content (AvgIpc) is 3.23. The number of hydrogen-bond acceptors (Lipinski definition) is 2. The van der Waals surface area contributed by atoms with Gasteiger partial charge < -0.3 is 10.7 Å². The standard InChI is InChI=1S/C28H37FN2/c1-6-10-11-13-22(5)28(29)21-27(12-7-2)31-26(9-4)17-15-23-14-16-25(20-23)24(8-3)18-19-30/h6-13,18-19,21,23,25,30-31H,1-3,14-17,20H2,4-5H3/b11-10-,22-13-,24-18+,26-9+,27-12+,28-21+,30-19?. The van der Waals surface area contributed by atoms with Gasteiger partial charge in [0.15, 0.2) is 0 Å². The Kier molecular flexibility index (Phi) is 12.6. The Labute approximate surface area is 188 Å². The van der Waals surface area contributed by atoms with E-state index in [1.807, 2.05) is 19.1 Å². The molecule has 0 radical (unpaired) electrons. The van der Waals surface area contributed by atoms with Crippen LogP contribution in [-0.4, -0.2) is 6.21 Å². The summed E-state index contributed by atoms with van der Waals surface area (Å²) in [5.41, 5.74) is 3.47. The van der Waals surface area contributed by atoms with Crippen molar-refractivity contribution in [3.8, 4) is 0 Å². The minimum Gasteiger partial charge on any atom is -0.359 e. The molecular weight excluding hydrogens is 383 g/mol. The molecule has 0 aromatic carbocycles. The van der Waals surface area contributed by atoms with Crippen LogP contribution >= 0.6 is 0 Å². The summed E-state index contributed by atoms with van der Waals surface area (Å²) < 4.78 is 14.6. The van der Waals surface area contributed by atoms with Crippen molar-refractivity contribution in [2.24, 2.45) is 11.8 Å². The summed E-state index contributed by atoms with van der Waals surface area (Å²) in [6.07, 6.45) is 24.4. The van der Waals surface area contributed by atoms with Crippen LogP contribution in [0.5, 0.6) is 0 Å². The Morgan fingerprint density at radius 2 is 1.87 bits per heavy atom. The van der Waals surface area contributed by atoms with Gasteiger partial charge in [0.05, 0.1) is 0 Å². The molecular formula is C28H37FN2. The SMILES string of the molecule is C=C\C=C/C=C(C)\C(F)=C/C(=C\C=C)N/C(=C/C)CCC1CCC(/C(C=C)=C/C=N)C1. The van der Waals surface area contributed by atoms with Crippen LogP contribution in [0.2, 0.25) is 0 Å². The zero-order chi connectivity index (χ0) is 23.1. The van der Waals surface area contributed by atoms with Crippen molar-refractivity contribution in [3.05, 3.63) is 109 Å². The maximum absolute atomic E-state index is 14.6. The zero-order valence-electron chi connectivity index (χ0n) is 19.0. The van der Waals surface area contributed by atoms with Gasteiger partial charge in [0.25, 0.3) is 0 Å². The van der Waals surface area contributed by atoms with Crippen molar-refractivity contribution >= 4 is 6.21 Å². The Morgan fingerprint density at radius 1 is 1.10 bits per heavy atom. The van der Waals surface area contributed by atoms with Crippen molar-refractivity contribution < 1.29 is 4.39 Å². The molecule has 2 unspecified atom stereocenters. The summed E-state index contributed by atoms with van der Waals surface area (Å²) in [4.78, 5) is 0. The molecule has 0 spiro atoms. The molecule has 0 bridgehead atoms. The van der Waals surface area contributed by atoms with Crippen molar-refractivity contribution in [3.63, 3.8) is 0 Å². The van der Waals surface area contributed by atoms with Gasteiger partial charge in [0, 0.05) is 17.6 Å². The van der Waals surface area contributed by atoms with Gasteiger partial charge in [-0.25, -0.2) is 4.39 Å². The third kappa shape index (κ3) is 9.61. The van der Waals surface area contributed by atoms with E-state index in [9.17, 15) is 4.39 Å². The van der Waals surface area contributed by atoms with Gasteiger partial charge >= 0.3 is 0 Å². The minimum absolute atomic E-state index is 0.293. The molecule has 3 heteroatoms. The van der Waals surface area contributed by atoms with E-state index >= 15 is 0 Å². The molecule has 1 fully saturated rings. The third-order valence-corrected chi connectivity index (χ3v) is 5.55. The monoisotopic (exact) mass is 420 g/mol. The first kappa shape index (κ1) is 26.1. The third-order valence-electron chi connectivity index (χ3n) is 5.55. The molecule has 2 nitrogen and oxygen atoms in total. The number of hydrogen-bond donors (Lipinski definition) is 2. The molecule has 2 N–H and O–H groups in total. The summed E-state index contributed by atoms with van der Waals surface area (Å²) in [5.74, 6) is 0.861. The van der Waals surface area contributed by atoms with E-state index in [4.69, 9.17) is 5.41 Å². The highest BCUT2D eigenvalue weighted by Crippen LogP contribution is 2.38. The average molecular weight is 421 g/mol. The Balaban J connectivity index is 2.74. The van der Waals surface area contributed by atoms with Gasteiger partial charge in [-0.05, 0) is 87.2 Å². The second-order valence-corrected chi connectivity index (χ2v) is 7.71. The first-order valence-corrected chi connectivity index (χ1v) is 10.9. The molecule has 0 aliphatic heterocycles. The molecule has 1 rings (SSSR count). The summed E-state index contributed by atoms with van der Waals surface area (Å²) in [5, 5.41) is 10.7. The first-order chi connectivity index (χ1) is 15.0. The molecule has 2 atom stereocenters. The van der Waals surface area contributed by atoms with Crippen LogP contribution in [0.4, 0.5) is 4.39 Å². The number of allylic oxidation sites excluding steroid dienone is 14. The van der Waals surface area contributed by atoms with Crippen molar-refractivity contribution in [2.75, 3.05) is 0 Å². The van der Waals surface area contributed by atoms with Crippen LogP contribution in [0.15, 0.2) is 109 Å². The van der Waals surface area contributed by atoms with Crippen molar-refractivity contribution in [1.82, 2.24) is 5.32 Å². The maximum Gasteiger partial charge on any atom is 0.128 e. The molecule has 0 saturated heterocycles. The fraction of sp³-hybridized carbons (Fsp3) is 0.321. The van der Waals surface area contributed by atoms with Crippen LogP contribution in [0.25, 0.3) is 0 Å². The van der Waals surface area contributed by atoms with E-state index in [0.717, 1.165) is 31.4 Å². The lowest BCUT2D eigenvalue weighted by Gasteiger charge is -2.16. The highest BCUT2D eigenvalue weighted by Gasteiger charge is 2.26. The lowest BCUT2D eigenvalue weighted by molar-refractivity contribution is 0.482. The predicted molar refractivity (Wildman–Crippen MR) is 135 cm³/mol. The molecule has 0 heterocycles. The van der Waals surface area contributed by atoms with Crippen molar-refractivity contribution in [1.29, 1.82) is 5.41 Å². The maximum atomic E-state index is 14.6. The van der Waals surface area contributed by atoms with Crippen LogP contribution in [0.3, 0.4) is 0 Å². The van der Waals surface area contributed by atoms with Gasteiger partial charge in [0.2, 0.25) is 0 Å². The van der Waals surface area contributed by atoms with Gasteiger partial charge in [-0.1, -0.05) is 62.3 Å². The molecule has 0 aromatic heterocycles. The highest BCUT2D eigenvalue weighted by atomic mass is 19.1. The lowest BCUT2D eigenvalue weighted by Crippen LogP contribution is -2.13. The Hall–Kier alpha value is -2.94. The van der Waals surface area contributed by atoms with Gasteiger partial charge in [-0.2, -0.15) is 0 Å². The van der Waals surface area contributed by atoms with E-state index < -0.39 is 0 Å². The van der Waals surface area contributed by atoms with Crippen LogP contribution < -0.4 is 5.32 Å². The summed E-state index contributed by atoms with van der Waals surface area (Å²) in [7, 11) is 0. The van der Waals surface area contributed by atoms with Gasteiger partial charge in [0.1, 0.15) is 5.83 Å². The van der Waals surface area contributed by atoms with E-state index in [-0.39, 0.29) is 5.83 Å². The summed E-state index contributed by atoms with van der Waals surface area (Å²) in [6, 6.07) is 0. The van der Waals surface area contributed by atoms with Crippen LogP contribution in [0, 0.1) is 17.2 Å². The molecule has 166 valence electrons. The molecule has 0 amide bonds. The quantitative estimate of drug-likeness (QED) is 0.229. The largest absolute Gasteiger partial charge is 0.359 e. The van der Waals surface area contributed by atoms with E-state index in [0.29, 0.717) is 23.1 Å². The predicted octanol–water partition coefficient (Wildman–Crippen LogP) is 8.05. The fourth-order valence-corrected chi connectivity index (χ4v) is 3.79. The van der Waals surface area contributed by atoms with E-state index in [1.54, 1.807) is 43.4 Å². The van der Waals surface area contributed by atoms with Crippen molar-refractivity contribution in [2.45, 2.75) is 46.0 Å². The molecule has 0 aromatic rings. The molecule has 31 heavy (non-hydrogen) atoms.